The van der Waals surface area contributed by atoms with Crippen LogP contribution in [0, 0.1) is 5.41 Å². The van der Waals surface area contributed by atoms with Crippen LogP contribution in [0.15, 0.2) is 24.3 Å². The quantitative estimate of drug-likeness (QED) is 0.867. The molecule has 0 spiro atoms. The molecule has 1 aromatic carbocycles. The number of hydrogen-bond acceptors (Lipinski definition) is 3. The van der Waals surface area contributed by atoms with E-state index in [9.17, 15) is 4.79 Å². The molecule has 1 heterocycles. The van der Waals surface area contributed by atoms with Gasteiger partial charge >= 0.3 is 0 Å². The molecule has 4 nitrogen and oxygen atoms in total. The van der Waals surface area contributed by atoms with Crippen molar-refractivity contribution in [3.63, 3.8) is 0 Å². The van der Waals surface area contributed by atoms with E-state index in [1.54, 1.807) is 0 Å². The van der Waals surface area contributed by atoms with E-state index in [0.717, 1.165) is 13.1 Å². The van der Waals surface area contributed by atoms with Crippen molar-refractivity contribution in [2.24, 2.45) is 5.41 Å². The number of amides is 1. The normalized spacial score (nSPS) is 16.9. The summed E-state index contributed by atoms with van der Waals surface area (Å²) in [7, 11) is 4.11. The lowest BCUT2D eigenvalue weighted by molar-refractivity contribution is -0.123. The summed E-state index contributed by atoms with van der Waals surface area (Å²) < 4.78 is 0. The lowest BCUT2D eigenvalue weighted by Crippen LogP contribution is -2.37. The van der Waals surface area contributed by atoms with Gasteiger partial charge in [0.1, 0.15) is 0 Å². The molecule has 1 N–H and O–H groups in total. The number of carbonyl (C=O) groups excluding carboxylic acids is 1. The Kier molecular flexibility index (Phi) is 6.27. The second kappa shape index (κ2) is 8.02. The van der Waals surface area contributed by atoms with Crippen molar-refractivity contribution >= 4 is 11.6 Å². The van der Waals surface area contributed by atoms with Gasteiger partial charge in [0.05, 0.1) is 6.04 Å². The van der Waals surface area contributed by atoms with E-state index in [-0.39, 0.29) is 17.4 Å². The summed E-state index contributed by atoms with van der Waals surface area (Å²) in [4.78, 5) is 16.8. The highest BCUT2D eigenvalue weighted by molar-refractivity contribution is 5.76. The van der Waals surface area contributed by atoms with Crippen LogP contribution in [-0.4, -0.2) is 44.5 Å². The molecule has 0 aliphatic carbocycles. The first-order chi connectivity index (χ1) is 11.3. The monoisotopic (exact) mass is 331 g/mol. The Labute approximate surface area is 147 Å². The van der Waals surface area contributed by atoms with Gasteiger partial charge < -0.3 is 10.2 Å². The fraction of sp³-hybridized carbons (Fsp3) is 0.650. The third-order valence-electron chi connectivity index (χ3n) is 4.56. The minimum Gasteiger partial charge on any atom is -0.378 e. The Morgan fingerprint density at radius 1 is 1.17 bits per heavy atom. The average Bonchev–Trinajstić information content (AvgIpc) is 3.00. The fourth-order valence-corrected chi connectivity index (χ4v) is 3.26. The lowest BCUT2D eigenvalue weighted by Gasteiger charge is -2.29. The van der Waals surface area contributed by atoms with E-state index < -0.39 is 0 Å². The number of carbonyl (C=O) groups is 1. The molecule has 1 atom stereocenters. The second-order valence-corrected chi connectivity index (χ2v) is 8.29. The number of rotatable bonds is 6. The first-order valence-corrected chi connectivity index (χ1v) is 9.04. The Hall–Kier alpha value is -1.55. The zero-order valence-corrected chi connectivity index (χ0v) is 15.9. The SMILES string of the molecule is CN(C)c1ccc(C(CNC(=O)CC(C)(C)C)N2CCCC2)cc1. The summed E-state index contributed by atoms with van der Waals surface area (Å²) in [5, 5.41) is 3.16. The number of anilines is 1. The first kappa shape index (κ1) is 18.8. The summed E-state index contributed by atoms with van der Waals surface area (Å²) >= 11 is 0. The maximum Gasteiger partial charge on any atom is 0.220 e. The molecule has 4 heteroatoms. The van der Waals surface area contributed by atoms with E-state index in [1.807, 2.05) is 0 Å². The molecule has 134 valence electrons. The van der Waals surface area contributed by atoms with Crippen molar-refractivity contribution in [3.8, 4) is 0 Å². The van der Waals surface area contributed by atoms with Crippen molar-refractivity contribution in [2.75, 3.05) is 38.6 Å². The standard InChI is InChI=1S/C20H33N3O/c1-20(2,3)14-19(24)21-15-18(23-12-6-7-13-23)16-8-10-17(11-9-16)22(4)5/h8-11,18H,6-7,12-15H2,1-5H3,(H,21,24). The van der Waals surface area contributed by atoms with Gasteiger partial charge in [0.25, 0.3) is 0 Å². The highest BCUT2D eigenvalue weighted by Gasteiger charge is 2.24. The first-order valence-electron chi connectivity index (χ1n) is 9.04. The summed E-state index contributed by atoms with van der Waals surface area (Å²) in [6, 6.07) is 9.00. The molecule has 0 aromatic heterocycles. The molecular formula is C20H33N3O. The van der Waals surface area contributed by atoms with Crippen molar-refractivity contribution < 1.29 is 4.79 Å². The number of likely N-dealkylation sites (tertiary alicyclic amines) is 1. The van der Waals surface area contributed by atoms with Crippen LogP contribution in [0.25, 0.3) is 0 Å². The molecule has 1 fully saturated rings. The van der Waals surface area contributed by atoms with Gasteiger partial charge in [0.15, 0.2) is 0 Å². The smallest absolute Gasteiger partial charge is 0.220 e. The molecule has 1 amide bonds. The van der Waals surface area contributed by atoms with Gasteiger partial charge in [0, 0.05) is 32.7 Å². The molecule has 2 rings (SSSR count). The second-order valence-electron chi connectivity index (χ2n) is 8.29. The fourth-order valence-electron chi connectivity index (χ4n) is 3.26. The molecule has 24 heavy (non-hydrogen) atoms. The Balaban J connectivity index is 2.06. The molecule has 1 saturated heterocycles. The maximum absolute atomic E-state index is 12.2. The minimum absolute atomic E-state index is 0.0284. The van der Waals surface area contributed by atoms with Crippen LogP contribution >= 0.6 is 0 Å². The molecule has 1 unspecified atom stereocenters. The van der Waals surface area contributed by atoms with Gasteiger partial charge in [-0.3, -0.25) is 9.69 Å². The molecule has 0 saturated carbocycles. The van der Waals surface area contributed by atoms with Crippen LogP contribution in [-0.2, 0) is 4.79 Å². The number of nitrogens with zero attached hydrogens (tertiary/aromatic N) is 2. The van der Waals surface area contributed by atoms with E-state index in [0.29, 0.717) is 13.0 Å². The van der Waals surface area contributed by atoms with Crippen molar-refractivity contribution in [3.05, 3.63) is 29.8 Å². The molecule has 0 radical (unpaired) electrons. The van der Waals surface area contributed by atoms with Gasteiger partial charge in [-0.2, -0.15) is 0 Å². The summed E-state index contributed by atoms with van der Waals surface area (Å²) in [6.07, 6.45) is 3.07. The zero-order valence-electron chi connectivity index (χ0n) is 15.9. The van der Waals surface area contributed by atoms with E-state index >= 15 is 0 Å². The van der Waals surface area contributed by atoms with Crippen LogP contribution in [0.5, 0.6) is 0 Å². The predicted molar refractivity (Wildman–Crippen MR) is 101 cm³/mol. The molecule has 1 aliphatic rings. The van der Waals surface area contributed by atoms with E-state index in [4.69, 9.17) is 0 Å². The average molecular weight is 332 g/mol. The van der Waals surface area contributed by atoms with Crippen LogP contribution in [0.1, 0.15) is 51.6 Å². The van der Waals surface area contributed by atoms with Crippen molar-refractivity contribution in [1.29, 1.82) is 0 Å². The van der Waals surface area contributed by atoms with Gasteiger partial charge in [-0.05, 0) is 49.0 Å². The predicted octanol–water partition coefficient (Wildman–Crippen LogP) is 3.44. The Bertz CT molecular complexity index is 525. The van der Waals surface area contributed by atoms with Crippen LogP contribution in [0.4, 0.5) is 5.69 Å². The highest BCUT2D eigenvalue weighted by atomic mass is 16.1. The number of benzene rings is 1. The van der Waals surface area contributed by atoms with Crippen molar-refractivity contribution in [1.82, 2.24) is 10.2 Å². The Morgan fingerprint density at radius 2 is 1.75 bits per heavy atom. The maximum atomic E-state index is 12.2. The molecular weight excluding hydrogens is 298 g/mol. The summed E-state index contributed by atoms with van der Waals surface area (Å²) in [6.45, 7) is 9.24. The number of nitrogens with one attached hydrogen (secondary N) is 1. The summed E-state index contributed by atoms with van der Waals surface area (Å²) in [5.74, 6) is 0.150. The largest absolute Gasteiger partial charge is 0.378 e. The lowest BCUT2D eigenvalue weighted by atomic mass is 9.92. The van der Waals surface area contributed by atoms with Crippen LogP contribution < -0.4 is 10.2 Å². The van der Waals surface area contributed by atoms with Gasteiger partial charge in [-0.1, -0.05) is 32.9 Å². The van der Waals surface area contributed by atoms with Crippen LogP contribution in [0.3, 0.4) is 0 Å². The Morgan fingerprint density at radius 3 is 2.25 bits per heavy atom. The molecule has 1 aromatic rings. The third kappa shape index (κ3) is 5.52. The summed E-state index contributed by atoms with van der Waals surface area (Å²) in [5.41, 5.74) is 2.52. The number of hydrogen-bond donors (Lipinski definition) is 1. The molecule has 0 bridgehead atoms. The van der Waals surface area contributed by atoms with Crippen LogP contribution in [0.2, 0.25) is 0 Å². The van der Waals surface area contributed by atoms with E-state index in [1.165, 1.54) is 24.1 Å². The van der Waals surface area contributed by atoms with Gasteiger partial charge in [-0.15, -0.1) is 0 Å². The van der Waals surface area contributed by atoms with Gasteiger partial charge in [-0.25, -0.2) is 0 Å². The third-order valence-corrected chi connectivity index (χ3v) is 4.56. The minimum atomic E-state index is 0.0284. The zero-order chi connectivity index (χ0) is 17.7. The topological polar surface area (TPSA) is 35.6 Å². The molecule has 1 aliphatic heterocycles. The van der Waals surface area contributed by atoms with Gasteiger partial charge in [0.2, 0.25) is 5.91 Å². The highest BCUT2D eigenvalue weighted by Crippen LogP contribution is 2.26. The van der Waals surface area contributed by atoms with Crippen molar-refractivity contribution in [2.45, 2.75) is 46.1 Å². The van der Waals surface area contributed by atoms with E-state index in [2.05, 4.69) is 74.2 Å².